The second kappa shape index (κ2) is 4.63. The maximum Gasteiger partial charge on any atom is 0.280 e. The Morgan fingerprint density at radius 3 is 2.64 bits per heavy atom. The van der Waals surface area contributed by atoms with Gasteiger partial charge in [0.05, 0.1) is 12.7 Å². The Bertz CT molecular complexity index is 333. The Balaban J connectivity index is 3.24. The summed E-state index contributed by atoms with van der Waals surface area (Å²) in [6.45, 7) is 0. The van der Waals surface area contributed by atoms with Gasteiger partial charge in [-0.25, -0.2) is 18.2 Å². The molecule has 0 saturated heterocycles. The second-order valence-corrected chi connectivity index (χ2v) is 3.01. The van der Waals surface area contributed by atoms with E-state index in [0.29, 0.717) is 6.07 Å². The Morgan fingerprint density at radius 2 is 2.21 bits per heavy atom. The van der Waals surface area contributed by atoms with Gasteiger partial charge in [-0.2, -0.15) is 0 Å². The predicted molar refractivity (Wildman–Crippen MR) is 48.3 cm³/mol. The van der Waals surface area contributed by atoms with Crippen molar-refractivity contribution >= 4 is 15.9 Å². The van der Waals surface area contributed by atoms with Crippen LogP contribution in [0.5, 0.6) is 5.88 Å². The van der Waals surface area contributed by atoms with E-state index in [1.165, 1.54) is 7.11 Å². The van der Waals surface area contributed by atoms with Gasteiger partial charge in [0, 0.05) is 11.4 Å². The molecule has 0 aromatic carbocycles. The molecule has 1 aromatic heterocycles. The predicted octanol–water partition coefficient (Wildman–Crippen LogP) is 3.06. The van der Waals surface area contributed by atoms with E-state index in [-0.39, 0.29) is 16.8 Å². The smallest absolute Gasteiger partial charge is 0.280 e. The van der Waals surface area contributed by atoms with Crippen LogP contribution in [-0.4, -0.2) is 12.1 Å². The standard InChI is InChI=1S/C8H7BrF3NO/c1-14-8-4(3-9)5(10)2-6(13-8)7(11)12/h2,7H,3H2,1H3. The van der Waals surface area contributed by atoms with E-state index in [9.17, 15) is 13.2 Å². The van der Waals surface area contributed by atoms with Crippen LogP contribution >= 0.6 is 15.9 Å². The average Bonchev–Trinajstić information content (AvgIpc) is 2.16. The molecule has 0 fully saturated rings. The molecule has 0 spiro atoms. The number of methoxy groups -OCH3 is 1. The highest BCUT2D eigenvalue weighted by Gasteiger charge is 2.17. The van der Waals surface area contributed by atoms with Crippen LogP contribution in [0.15, 0.2) is 6.07 Å². The van der Waals surface area contributed by atoms with Gasteiger partial charge in [0.15, 0.2) is 0 Å². The Kier molecular flexibility index (Phi) is 3.74. The molecule has 0 N–H and O–H groups in total. The maximum absolute atomic E-state index is 13.2. The molecule has 0 unspecified atom stereocenters. The fraction of sp³-hybridized carbons (Fsp3) is 0.375. The molecule has 2 nitrogen and oxygen atoms in total. The highest BCUT2D eigenvalue weighted by molar-refractivity contribution is 9.08. The first-order valence-corrected chi connectivity index (χ1v) is 4.79. The van der Waals surface area contributed by atoms with E-state index < -0.39 is 17.9 Å². The molecule has 1 rings (SSSR count). The molecule has 0 aliphatic rings. The molecular weight excluding hydrogens is 263 g/mol. The Hall–Kier alpha value is -0.780. The first-order valence-electron chi connectivity index (χ1n) is 3.67. The lowest BCUT2D eigenvalue weighted by atomic mass is 10.2. The zero-order valence-corrected chi connectivity index (χ0v) is 8.82. The van der Waals surface area contributed by atoms with Gasteiger partial charge in [0.2, 0.25) is 5.88 Å². The molecule has 6 heteroatoms. The summed E-state index contributed by atoms with van der Waals surface area (Å²) in [7, 11) is 1.25. The lowest BCUT2D eigenvalue weighted by Gasteiger charge is -2.08. The number of nitrogens with zero attached hydrogens (tertiary/aromatic N) is 1. The summed E-state index contributed by atoms with van der Waals surface area (Å²) in [5, 5.41) is 0.165. The molecule has 1 aromatic rings. The fourth-order valence-corrected chi connectivity index (χ4v) is 1.45. The molecule has 14 heavy (non-hydrogen) atoms. The third kappa shape index (κ3) is 2.17. The quantitative estimate of drug-likeness (QED) is 0.787. The van der Waals surface area contributed by atoms with Crippen molar-refractivity contribution in [2.24, 2.45) is 0 Å². The van der Waals surface area contributed by atoms with Gasteiger partial charge in [-0.05, 0) is 0 Å². The van der Waals surface area contributed by atoms with Gasteiger partial charge in [0.25, 0.3) is 6.43 Å². The number of ether oxygens (including phenoxy) is 1. The molecule has 78 valence electrons. The molecule has 0 amide bonds. The monoisotopic (exact) mass is 269 g/mol. The molecule has 0 radical (unpaired) electrons. The number of hydrogen-bond donors (Lipinski definition) is 0. The number of alkyl halides is 3. The van der Waals surface area contributed by atoms with Crippen LogP contribution in [0, 0.1) is 5.82 Å². The summed E-state index contributed by atoms with van der Waals surface area (Å²) in [5.41, 5.74) is -0.485. The third-order valence-corrected chi connectivity index (χ3v) is 2.16. The normalized spacial score (nSPS) is 10.7. The third-order valence-electron chi connectivity index (χ3n) is 1.60. The van der Waals surface area contributed by atoms with Crippen LogP contribution in [0.4, 0.5) is 13.2 Å². The summed E-state index contributed by atoms with van der Waals surface area (Å²) >= 11 is 3.01. The molecular formula is C8H7BrF3NO. The van der Waals surface area contributed by atoms with E-state index in [0.717, 1.165) is 0 Å². The van der Waals surface area contributed by atoms with Crippen molar-refractivity contribution in [1.29, 1.82) is 0 Å². The Morgan fingerprint density at radius 1 is 1.57 bits per heavy atom. The van der Waals surface area contributed by atoms with E-state index in [4.69, 9.17) is 4.74 Å². The molecule has 0 atom stereocenters. The SMILES string of the molecule is COc1nc(C(F)F)cc(F)c1CBr. The minimum Gasteiger partial charge on any atom is -0.481 e. The van der Waals surface area contributed by atoms with Crippen LogP contribution in [0.2, 0.25) is 0 Å². The molecule has 0 aliphatic heterocycles. The first-order chi connectivity index (χ1) is 6.60. The number of rotatable bonds is 3. The topological polar surface area (TPSA) is 22.1 Å². The number of hydrogen-bond acceptors (Lipinski definition) is 2. The summed E-state index contributed by atoms with van der Waals surface area (Å²) in [6, 6.07) is 0.712. The minimum atomic E-state index is -2.80. The molecule has 0 aliphatic carbocycles. The lowest BCUT2D eigenvalue weighted by Crippen LogP contribution is -2.01. The summed E-state index contributed by atoms with van der Waals surface area (Å²) < 4.78 is 42.3. The van der Waals surface area contributed by atoms with Crippen molar-refractivity contribution in [3.63, 3.8) is 0 Å². The highest BCUT2D eigenvalue weighted by Crippen LogP contribution is 2.26. The largest absolute Gasteiger partial charge is 0.481 e. The van der Waals surface area contributed by atoms with E-state index in [1.807, 2.05) is 0 Å². The fourth-order valence-electron chi connectivity index (χ4n) is 0.938. The van der Waals surface area contributed by atoms with E-state index in [1.54, 1.807) is 0 Å². The van der Waals surface area contributed by atoms with Crippen LogP contribution in [0.1, 0.15) is 17.7 Å². The minimum absolute atomic E-state index is 0.114. The van der Waals surface area contributed by atoms with Gasteiger partial charge in [0.1, 0.15) is 11.5 Å². The van der Waals surface area contributed by atoms with E-state index in [2.05, 4.69) is 20.9 Å². The van der Waals surface area contributed by atoms with Crippen LogP contribution in [0.3, 0.4) is 0 Å². The molecule has 0 saturated carbocycles. The first kappa shape index (κ1) is 11.3. The van der Waals surface area contributed by atoms with Crippen LogP contribution in [0.25, 0.3) is 0 Å². The van der Waals surface area contributed by atoms with Crippen molar-refractivity contribution < 1.29 is 17.9 Å². The van der Waals surface area contributed by atoms with Crippen molar-refractivity contribution in [3.05, 3.63) is 23.1 Å². The van der Waals surface area contributed by atoms with Crippen molar-refractivity contribution in [2.75, 3.05) is 7.11 Å². The summed E-state index contributed by atoms with van der Waals surface area (Å²) in [4.78, 5) is 3.48. The molecule has 1 heterocycles. The van der Waals surface area contributed by atoms with E-state index >= 15 is 0 Å². The van der Waals surface area contributed by atoms with Gasteiger partial charge >= 0.3 is 0 Å². The summed E-state index contributed by atoms with van der Waals surface area (Å²) in [5.74, 6) is -0.860. The van der Waals surface area contributed by atoms with Crippen molar-refractivity contribution in [3.8, 4) is 5.88 Å². The van der Waals surface area contributed by atoms with Gasteiger partial charge in [-0.15, -0.1) is 0 Å². The van der Waals surface area contributed by atoms with Crippen molar-refractivity contribution in [1.82, 2.24) is 4.98 Å². The highest BCUT2D eigenvalue weighted by atomic mass is 79.9. The number of aromatic nitrogens is 1. The maximum atomic E-state index is 13.2. The van der Waals surface area contributed by atoms with Crippen molar-refractivity contribution in [2.45, 2.75) is 11.8 Å². The zero-order chi connectivity index (χ0) is 10.7. The molecule has 0 bridgehead atoms. The number of halogens is 4. The van der Waals surface area contributed by atoms with Gasteiger partial charge < -0.3 is 4.74 Å². The van der Waals surface area contributed by atoms with Gasteiger partial charge in [-0.3, -0.25) is 0 Å². The lowest BCUT2D eigenvalue weighted by molar-refractivity contribution is 0.144. The second-order valence-electron chi connectivity index (χ2n) is 2.45. The van der Waals surface area contributed by atoms with Crippen LogP contribution < -0.4 is 4.74 Å². The average molecular weight is 270 g/mol. The van der Waals surface area contributed by atoms with Gasteiger partial charge in [-0.1, -0.05) is 15.9 Å². The summed E-state index contributed by atoms with van der Waals surface area (Å²) in [6.07, 6.45) is -2.80. The Labute approximate surface area is 87.2 Å². The zero-order valence-electron chi connectivity index (χ0n) is 7.23. The van der Waals surface area contributed by atoms with Crippen LogP contribution in [-0.2, 0) is 5.33 Å². The number of pyridine rings is 1.